The molecule has 1 aliphatic heterocycles. The Hall–Kier alpha value is -3.73. The van der Waals surface area contributed by atoms with Crippen LogP contribution in [0.4, 0.5) is 5.82 Å². The summed E-state index contributed by atoms with van der Waals surface area (Å²) in [6.07, 6.45) is 3.38. The molecule has 166 valence electrons. The first-order valence-corrected chi connectivity index (χ1v) is 11.6. The number of anilines is 1. The van der Waals surface area contributed by atoms with Crippen LogP contribution >= 0.6 is 0 Å². The largest absolute Gasteiger partial charge is 0.355 e. The van der Waals surface area contributed by atoms with Gasteiger partial charge in [0, 0.05) is 30.4 Å². The summed E-state index contributed by atoms with van der Waals surface area (Å²) < 4.78 is 0. The monoisotopic (exact) mass is 436 g/mol. The molecule has 2 heterocycles. The molecule has 0 radical (unpaired) electrons. The minimum Gasteiger partial charge on any atom is -0.355 e. The highest BCUT2D eigenvalue weighted by Crippen LogP contribution is 2.30. The van der Waals surface area contributed by atoms with Gasteiger partial charge in [-0.15, -0.1) is 10.2 Å². The van der Waals surface area contributed by atoms with Crippen molar-refractivity contribution in [3.05, 3.63) is 102 Å². The molecule has 1 aromatic heterocycles. The van der Waals surface area contributed by atoms with Crippen LogP contribution in [0.5, 0.6) is 0 Å². The van der Waals surface area contributed by atoms with Crippen LogP contribution in [0.2, 0.25) is 0 Å². The highest BCUT2D eigenvalue weighted by molar-refractivity contribution is 6.07. The molecule has 1 N–H and O–H groups in total. The number of fused-ring (bicyclic) bond motifs is 1. The van der Waals surface area contributed by atoms with E-state index in [1.807, 2.05) is 54.6 Å². The number of aromatic nitrogens is 2. The number of hydrogen-bond acceptors (Lipinski definition) is 4. The van der Waals surface area contributed by atoms with Crippen LogP contribution in [-0.2, 0) is 13.0 Å². The standard InChI is InChI=1S/C28H28N4O/c33-28(29-20-23-11-5-2-6-12-23)26-24-13-7-8-14-25(24)27(31-30-26)32-17-15-22(16-18-32)19-21-9-3-1-4-10-21/h1-14,22H,15-20H2,(H,29,33). The van der Waals surface area contributed by atoms with Gasteiger partial charge in [0.1, 0.15) is 0 Å². The number of rotatable bonds is 6. The Bertz CT molecular complexity index is 1220. The third kappa shape index (κ3) is 4.87. The van der Waals surface area contributed by atoms with Crippen LogP contribution in [0.1, 0.15) is 34.5 Å². The summed E-state index contributed by atoms with van der Waals surface area (Å²) in [5.41, 5.74) is 2.84. The number of amides is 1. The zero-order valence-corrected chi connectivity index (χ0v) is 18.7. The molecule has 33 heavy (non-hydrogen) atoms. The van der Waals surface area contributed by atoms with Crippen molar-refractivity contribution in [2.75, 3.05) is 18.0 Å². The van der Waals surface area contributed by atoms with Crippen molar-refractivity contribution in [3.8, 4) is 0 Å². The topological polar surface area (TPSA) is 58.1 Å². The summed E-state index contributed by atoms with van der Waals surface area (Å²) in [4.78, 5) is 15.2. The summed E-state index contributed by atoms with van der Waals surface area (Å²) in [6.45, 7) is 2.37. The van der Waals surface area contributed by atoms with Gasteiger partial charge in [-0.1, -0.05) is 84.9 Å². The summed E-state index contributed by atoms with van der Waals surface area (Å²) in [5, 5.41) is 13.7. The molecule has 3 aromatic carbocycles. The van der Waals surface area contributed by atoms with E-state index < -0.39 is 0 Å². The van der Waals surface area contributed by atoms with E-state index >= 15 is 0 Å². The maximum Gasteiger partial charge on any atom is 0.272 e. The first-order valence-electron chi connectivity index (χ1n) is 11.6. The Morgan fingerprint density at radius 2 is 1.39 bits per heavy atom. The van der Waals surface area contributed by atoms with E-state index in [2.05, 4.69) is 50.7 Å². The molecular formula is C28H28N4O. The van der Waals surface area contributed by atoms with Gasteiger partial charge in [-0.2, -0.15) is 0 Å². The molecule has 5 heteroatoms. The maximum absolute atomic E-state index is 12.9. The lowest BCUT2D eigenvalue weighted by Crippen LogP contribution is -2.35. The van der Waals surface area contributed by atoms with E-state index in [1.54, 1.807) is 0 Å². The predicted octanol–water partition coefficient (Wildman–Crippen LogP) is 5.02. The molecule has 1 aliphatic rings. The lowest BCUT2D eigenvalue weighted by molar-refractivity contribution is 0.0947. The third-order valence-corrected chi connectivity index (χ3v) is 6.46. The zero-order chi connectivity index (χ0) is 22.5. The predicted molar refractivity (Wildman–Crippen MR) is 132 cm³/mol. The number of nitrogens with zero attached hydrogens (tertiary/aromatic N) is 3. The fourth-order valence-electron chi connectivity index (χ4n) is 4.65. The SMILES string of the molecule is O=C(NCc1ccccc1)c1nnc(N2CCC(Cc3ccccc3)CC2)c2ccccc12. The minimum absolute atomic E-state index is 0.198. The molecule has 0 spiro atoms. The van der Waals surface area contributed by atoms with E-state index in [1.165, 1.54) is 5.56 Å². The van der Waals surface area contributed by atoms with Crippen molar-refractivity contribution in [2.24, 2.45) is 5.92 Å². The van der Waals surface area contributed by atoms with Gasteiger partial charge in [-0.3, -0.25) is 4.79 Å². The fraction of sp³-hybridized carbons (Fsp3) is 0.250. The summed E-state index contributed by atoms with van der Waals surface area (Å²) in [7, 11) is 0. The highest BCUT2D eigenvalue weighted by Gasteiger charge is 2.24. The lowest BCUT2D eigenvalue weighted by atomic mass is 9.90. The second kappa shape index (κ2) is 9.82. The Balaban J connectivity index is 1.30. The van der Waals surface area contributed by atoms with Crippen molar-refractivity contribution >= 4 is 22.5 Å². The van der Waals surface area contributed by atoms with Crippen molar-refractivity contribution in [3.63, 3.8) is 0 Å². The first-order chi connectivity index (χ1) is 16.3. The van der Waals surface area contributed by atoms with E-state index in [-0.39, 0.29) is 5.91 Å². The van der Waals surface area contributed by atoms with E-state index in [0.29, 0.717) is 18.2 Å². The average molecular weight is 437 g/mol. The van der Waals surface area contributed by atoms with Gasteiger partial charge in [0.15, 0.2) is 11.5 Å². The van der Waals surface area contributed by atoms with Crippen molar-refractivity contribution < 1.29 is 4.79 Å². The van der Waals surface area contributed by atoms with E-state index in [9.17, 15) is 4.79 Å². The molecule has 1 fully saturated rings. The number of carbonyl (C=O) groups is 1. The smallest absolute Gasteiger partial charge is 0.272 e. The quantitative estimate of drug-likeness (QED) is 0.461. The second-order valence-electron chi connectivity index (χ2n) is 8.71. The van der Waals surface area contributed by atoms with Gasteiger partial charge in [0.2, 0.25) is 0 Å². The van der Waals surface area contributed by atoms with Crippen LogP contribution in [0.15, 0.2) is 84.9 Å². The fourth-order valence-corrected chi connectivity index (χ4v) is 4.65. The third-order valence-electron chi connectivity index (χ3n) is 6.46. The molecular weight excluding hydrogens is 408 g/mol. The van der Waals surface area contributed by atoms with Crippen LogP contribution < -0.4 is 10.2 Å². The highest BCUT2D eigenvalue weighted by atomic mass is 16.1. The van der Waals surface area contributed by atoms with Gasteiger partial charge >= 0.3 is 0 Å². The molecule has 4 aromatic rings. The summed E-state index contributed by atoms with van der Waals surface area (Å²) in [6, 6.07) is 28.6. The van der Waals surface area contributed by atoms with Crippen molar-refractivity contribution in [1.29, 1.82) is 0 Å². The Morgan fingerprint density at radius 3 is 2.09 bits per heavy atom. The number of nitrogens with one attached hydrogen (secondary N) is 1. The van der Waals surface area contributed by atoms with Gasteiger partial charge in [0.05, 0.1) is 0 Å². The summed E-state index contributed by atoms with van der Waals surface area (Å²) in [5.74, 6) is 1.37. The average Bonchev–Trinajstić information content (AvgIpc) is 2.88. The van der Waals surface area contributed by atoms with Crippen LogP contribution in [0, 0.1) is 5.92 Å². The van der Waals surface area contributed by atoms with Crippen LogP contribution in [0.25, 0.3) is 10.8 Å². The molecule has 0 saturated carbocycles. The number of benzene rings is 3. The Kier molecular flexibility index (Phi) is 6.29. The number of carbonyl (C=O) groups excluding carboxylic acids is 1. The van der Waals surface area contributed by atoms with Crippen molar-refractivity contribution in [1.82, 2.24) is 15.5 Å². The van der Waals surface area contributed by atoms with Gasteiger partial charge in [-0.25, -0.2) is 0 Å². The Labute approximate surface area is 194 Å². The molecule has 0 aliphatic carbocycles. The lowest BCUT2D eigenvalue weighted by Gasteiger charge is -2.33. The molecule has 0 atom stereocenters. The molecule has 5 nitrogen and oxygen atoms in total. The van der Waals surface area contributed by atoms with E-state index in [4.69, 9.17) is 0 Å². The van der Waals surface area contributed by atoms with Gasteiger partial charge in [0.25, 0.3) is 5.91 Å². The minimum atomic E-state index is -0.198. The number of hydrogen-bond donors (Lipinski definition) is 1. The zero-order valence-electron chi connectivity index (χ0n) is 18.7. The molecule has 0 bridgehead atoms. The van der Waals surface area contributed by atoms with Gasteiger partial charge < -0.3 is 10.2 Å². The molecule has 0 unspecified atom stereocenters. The van der Waals surface area contributed by atoms with Crippen LogP contribution in [0.3, 0.4) is 0 Å². The summed E-state index contributed by atoms with van der Waals surface area (Å²) >= 11 is 0. The normalized spacial score (nSPS) is 14.4. The molecule has 1 amide bonds. The van der Waals surface area contributed by atoms with Gasteiger partial charge in [-0.05, 0) is 36.3 Å². The van der Waals surface area contributed by atoms with Crippen LogP contribution in [-0.4, -0.2) is 29.2 Å². The van der Waals surface area contributed by atoms with Crippen molar-refractivity contribution in [2.45, 2.75) is 25.8 Å². The van der Waals surface area contributed by atoms with E-state index in [0.717, 1.165) is 54.5 Å². The second-order valence-corrected chi connectivity index (χ2v) is 8.71. The molecule has 1 saturated heterocycles. The molecule has 5 rings (SSSR count). The maximum atomic E-state index is 12.9. The Morgan fingerprint density at radius 1 is 0.788 bits per heavy atom. The number of piperidine rings is 1. The first kappa shape index (κ1) is 21.1.